The number of benzene rings is 2. The second-order valence-electron chi connectivity index (χ2n) is 6.02. The Bertz CT molecular complexity index is 897. The van der Waals surface area contributed by atoms with Crippen molar-refractivity contribution in [3.63, 3.8) is 0 Å². The number of aromatic nitrogens is 1. The van der Waals surface area contributed by atoms with Gasteiger partial charge in [0.2, 0.25) is 11.8 Å². The summed E-state index contributed by atoms with van der Waals surface area (Å²) in [6.07, 6.45) is 3.10. The van der Waals surface area contributed by atoms with Crippen LogP contribution in [0.5, 0.6) is 5.75 Å². The number of rotatable bonds is 4. The monoisotopic (exact) mass is 322 g/mol. The minimum atomic E-state index is 0.0880. The van der Waals surface area contributed by atoms with Gasteiger partial charge in [-0.3, -0.25) is 4.79 Å². The van der Waals surface area contributed by atoms with Crippen molar-refractivity contribution in [2.45, 2.75) is 19.3 Å². The fraction of sp³-hybridized carbons (Fsp3) is 0.263. The molecule has 0 atom stereocenters. The van der Waals surface area contributed by atoms with Crippen molar-refractivity contribution in [3.05, 3.63) is 42.5 Å². The lowest BCUT2D eigenvalue weighted by atomic mass is 9.85. The molecule has 4 rings (SSSR count). The third kappa shape index (κ3) is 2.62. The maximum absolute atomic E-state index is 12.1. The smallest absolute Gasteiger partial charge is 0.231 e. The van der Waals surface area contributed by atoms with Gasteiger partial charge in [-0.1, -0.05) is 18.6 Å². The lowest BCUT2D eigenvalue weighted by molar-refractivity contribution is -0.122. The van der Waals surface area contributed by atoms with Gasteiger partial charge in [0.1, 0.15) is 11.3 Å². The van der Waals surface area contributed by atoms with Crippen molar-refractivity contribution < 1.29 is 13.9 Å². The molecule has 5 heteroatoms. The van der Waals surface area contributed by atoms with Crippen LogP contribution in [0.1, 0.15) is 19.3 Å². The lowest BCUT2D eigenvalue weighted by Gasteiger charge is -2.23. The summed E-state index contributed by atoms with van der Waals surface area (Å²) in [5, 5.41) is 2.96. The summed E-state index contributed by atoms with van der Waals surface area (Å²) < 4.78 is 11.2. The van der Waals surface area contributed by atoms with E-state index in [1.165, 1.54) is 0 Å². The first-order chi connectivity index (χ1) is 11.7. The average Bonchev–Trinajstić information content (AvgIpc) is 2.96. The summed E-state index contributed by atoms with van der Waals surface area (Å²) in [4.78, 5) is 16.6. The fourth-order valence-corrected chi connectivity index (χ4v) is 2.85. The summed E-state index contributed by atoms with van der Waals surface area (Å²) >= 11 is 0. The predicted octanol–water partition coefficient (Wildman–Crippen LogP) is 4.24. The van der Waals surface area contributed by atoms with Gasteiger partial charge in [0.15, 0.2) is 5.58 Å². The molecule has 2 aromatic carbocycles. The predicted molar refractivity (Wildman–Crippen MR) is 92.0 cm³/mol. The average molecular weight is 322 g/mol. The summed E-state index contributed by atoms with van der Waals surface area (Å²) in [5.41, 5.74) is 2.93. The van der Waals surface area contributed by atoms with E-state index in [1.54, 1.807) is 7.11 Å². The van der Waals surface area contributed by atoms with Crippen molar-refractivity contribution >= 4 is 22.7 Å². The molecule has 1 heterocycles. The first-order valence-corrected chi connectivity index (χ1v) is 8.09. The van der Waals surface area contributed by atoms with Crippen molar-refractivity contribution in [1.82, 2.24) is 4.98 Å². The highest BCUT2D eigenvalue weighted by molar-refractivity contribution is 5.94. The molecule has 1 aliphatic rings. The summed E-state index contributed by atoms with van der Waals surface area (Å²) in [5.74, 6) is 1.46. The van der Waals surface area contributed by atoms with E-state index in [1.807, 2.05) is 42.5 Å². The molecule has 1 aromatic heterocycles. The van der Waals surface area contributed by atoms with Crippen LogP contribution in [0.3, 0.4) is 0 Å². The van der Waals surface area contributed by atoms with Crippen molar-refractivity contribution in [2.24, 2.45) is 5.92 Å². The highest BCUT2D eigenvalue weighted by atomic mass is 16.5. The molecular formula is C19H18N2O3. The number of para-hydroxylation sites is 1. The number of ether oxygens (including phenoxy) is 1. The number of oxazole rings is 1. The SMILES string of the molecule is COc1ccccc1-c1nc2ccc(NC(=O)C3CCC3)cc2o1. The molecule has 1 aliphatic carbocycles. The van der Waals surface area contributed by atoms with Crippen LogP contribution < -0.4 is 10.1 Å². The summed E-state index contributed by atoms with van der Waals surface area (Å²) in [6.45, 7) is 0. The number of methoxy groups -OCH3 is 1. The van der Waals surface area contributed by atoms with E-state index in [4.69, 9.17) is 9.15 Å². The maximum Gasteiger partial charge on any atom is 0.231 e. The Hall–Kier alpha value is -2.82. The zero-order valence-corrected chi connectivity index (χ0v) is 13.4. The van der Waals surface area contributed by atoms with Crippen LogP contribution in [0, 0.1) is 5.92 Å². The lowest BCUT2D eigenvalue weighted by Crippen LogP contribution is -2.27. The molecule has 0 unspecified atom stereocenters. The molecule has 0 radical (unpaired) electrons. The molecule has 24 heavy (non-hydrogen) atoms. The van der Waals surface area contributed by atoms with Crippen molar-refractivity contribution in [3.8, 4) is 17.2 Å². The number of anilines is 1. The number of hydrogen-bond donors (Lipinski definition) is 1. The normalized spacial score (nSPS) is 14.4. The minimum absolute atomic E-state index is 0.0880. The van der Waals surface area contributed by atoms with Gasteiger partial charge in [-0.25, -0.2) is 4.98 Å². The van der Waals surface area contributed by atoms with Crippen LogP contribution in [-0.4, -0.2) is 18.0 Å². The number of hydrogen-bond acceptors (Lipinski definition) is 4. The molecular weight excluding hydrogens is 304 g/mol. The first-order valence-electron chi connectivity index (χ1n) is 8.09. The minimum Gasteiger partial charge on any atom is -0.496 e. The zero-order chi connectivity index (χ0) is 16.5. The molecule has 1 fully saturated rings. The van der Waals surface area contributed by atoms with E-state index in [0.29, 0.717) is 17.2 Å². The topological polar surface area (TPSA) is 64.4 Å². The molecule has 5 nitrogen and oxygen atoms in total. The van der Waals surface area contributed by atoms with Gasteiger partial charge in [0.05, 0.1) is 12.7 Å². The second-order valence-corrected chi connectivity index (χ2v) is 6.02. The van der Waals surface area contributed by atoms with Gasteiger partial charge in [-0.2, -0.15) is 0 Å². The van der Waals surface area contributed by atoms with E-state index in [0.717, 1.165) is 36.0 Å². The first kappa shape index (κ1) is 14.8. The number of carbonyl (C=O) groups excluding carboxylic acids is 1. The van der Waals surface area contributed by atoms with E-state index < -0.39 is 0 Å². The van der Waals surface area contributed by atoms with E-state index >= 15 is 0 Å². The van der Waals surface area contributed by atoms with Gasteiger partial charge in [0.25, 0.3) is 0 Å². The number of fused-ring (bicyclic) bond motifs is 1. The summed E-state index contributed by atoms with van der Waals surface area (Å²) in [7, 11) is 1.62. The second kappa shape index (κ2) is 6.00. The Morgan fingerprint density at radius 2 is 2.08 bits per heavy atom. The number of amides is 1. The van der Waals surface area contributed by atoms with Crippen LogP contribution in [-0.2, 0) is 4.79 Å². The van der Waals surface area contributed by atoms with Gasteiger partial charge in [-0.15, -0.1) is 0 Å². The van der Waals surface area contributed by atoms with Crippen molar-refractivity contribution in [1.29, 1.82) is 0 Å². The van der Waals surface area contributed by atoms with Crippen LogP contribution in [0.2, 0.25) is 0 Å². The van der Waals surface area contributed by atoms with E-state index in [2.05, 4.69) is 10.3 Å². The molecule has 0 bridgehead atoms. The number of nitrogens with one attached hydrogen (secondary N) is 1. The van der Waals surface area contributed by atoms with Gasteiger partial charge in [0, 0.05) is 17.7 Å². The van der Waals surface area contributed by atoms with Gasteiger partial charge < -0.3 is 14.5 Å². The van der Waals surface area contributed by atoms with Crippen LogP contribution in [0.25, 0.3) is 22.6 Å². The van der Waals surface area contributed by atoms with E-state index in [9.17, 15) is 4.79 Å². The highest BCUT2D eigenvalue weighted by Gasteiger charge is 2.25. The van der Waals surface area contributed by atoms with Crippen molar-refractivity contribution in [2.75, 3.05) is 12.4 Å². The molecule has 0 spiro atoms. The quantitative estimate of drug-likeness (QED) is 0.780. The Labute approximate surface area is 139 Å². The van der Waals surface area contributed by atoms with E-state index in [-0.39, 0.29) is 11.8 Å². The Morgan fingerprint density at radius 3 is 2.83 bits per heavy atom. The number of nitrogens with zero attached hydrogens (tertiary/aromatic N) is 1. The molecule has 0 aliphatic heterocycles. The third-order valence-corrected chi connectivity index (χ3v) is 4.47. The molecule has 3 aromatic rings. The van der Waals surface area contributed by atoms with Crippen LogP contribution in [0.4, 0.5) is 5.69 Å². The largest absolute Gasteiger partial charge is 0.496 e. The molecule has 1 amide bonds. The molecule has 1 saturated carbocycles. The Balaban J connectivity index is 1.64. The Kier molecular flexibility index (Phi) is 3.69. The standard InChI is InChI=1S/C19H18N2O3/c1-23-16-8-3-2-7-14(16)19-21-15-10-9-13(11-17(15)24-19)20-18(22)12-5-4-6-12/h2-3,7-12H,4-6H2,1H3,(H,20,22). The maximum atomic E-state index is 12.1. The number of carbonyl (C=O) groups is 1. The Morgan fingerprint density at radius 1 is 1.25 bits per heavy atom. The van der Waals surface area contributed by atoms with Crippen LogP contribution >= 0.6 is 0 Å². The molecule has 1 N–H and O–H groups in total. The summed E-state index contributed by atoms with van der Waals surface area (Å²) in [6, 6.07) is 13.1. The van der Waals surface area contributed by atoms with Gasteiger partial charge in [-0.05, 0) is 37.1 Å². The highest BCUT2D eigenvalue weighted by Crippen LogP contribution is 2.32. The third-order valence-electron chi connectivity index (χ3n) is 4.47. The fourth-order valence-electron chi connectivity index (χ4n) is 2.85. The van der Waals surface area contributed by atoms with Gasteiger partial charge >= 0.3 is 0 Å². The molecule has 0 saturated heterocycles. The van der Waals surface area contributed by atoms with Crippen LogP contribution in [0.15, 0.2) is 46.9 Å². The zero-order valence-electron chi connectivity index (χ0n) is 13.4. The molecule has 122 valence electrons.